The highest BCUT2D eigenvalue weighted by molar-refractivity contribution is 14.1. The topological polar surface area (TPSA) is 29.5 Å². The second-order valence-corrected chi connectivity index (χ2v) is 7.49. The molecule has 1 aliphatic rings. The van der Waals surface area contributed by atoms with Crippen molar-refractivity contribution in [1.82, 2.24) is 4.90 Å². The zero-order valence-electron chi connectivity index (χ0n) is 14.3. The summed E-state index contributed by atoms with van der Waals surface area (Å²) in [6.45, 7) is 4.93. The van der Waals surface area contributed by atoms with Gasteiger partial charge in [-0.3, -0.25) is 9.69 Å². The Morgan fingerprint density at radius 2 is 2.09 bits per heavy atom. The van der Waals surface area contributed by atoms with E-state index in [4.69, 9.17) is 4.74 Å². The van der Waals surface area contributed by atoms with Crippen molar-refractivity contribution in [3.05, 3.63) is 35.9 Å². The first kappa shape index (κ1) is 18.7. The molecule has 0 saturated carbocycles. The molecule has 0 N–H and O–H groups in total. The lowest BCUT2D eigenvalue weighted by molar-refractivity contribution is -0.154. The normalized spacial score (nSPS) is 24.7. The molecule has 1 heterocycles. The van der Waals surface area contributed by atoms with Crippen LogP contribution in [0.5, 0.6) is 0 Å². The average molecular weight is 429 g/mol. The number of rotatable bonds is 8. The minimum Gasteiger partial charge on any atom is -0.469 e. The third kappa shape index (κ3) is 4.47. The van der Waals surface area contributed by atoms with Crippen LogP contribution in [-0.2, 0) is 16.1 Å². The summed E-state index contributed by atoms with van der Waals surface area (Å²) >= 11 is 2.43. The molecule has 0 aromatic heterocycles. The zero-order valence-corrected chi connectivity index (χ0v) is 16.4. The van der Waals surface area contributed by atoms with Gasteiger partial charge in [-0.2, -0.15) is 0 Å². The molecule has 1 fully saturated rings. The summed E-state index contributed by atoms with van der Waals surface area (Å²) < 4.78 is 6.23. The van der Waals surface area contributed by atoms with Gasteiger partial charge in [0.25, 0.3) is 0 Å². The van der Waals surface area contributed by atoms with Gasteiger partial charge in [0.15, 0.2) is 0 Å². The van der Waals surface area contributed by atoms with Gasteiger partial charge in [-0.1, -0.05) is 79.1 Å². The van der Waals surface area contributed by atoms with Gasteiger partial charge in [0.05, 0.1) is 12.5 Å². The van der Waals surface area contributed by atoms with Crippen molar-refractivity contribution in [2.45, 2.75) is 39.2 Å². The first-order valence-corrected chi connectivity index (χ1v) is 10.1. The summed E-state index contributed by atoms with van der Waals surface area (Å²) in [6, 6.07) is 10.5. The van der Waals surface area contributed by atoms with Crippen LogP contribution < -0.4 is 0 Å². The number of unbranched alkanes of at least 4 members (excludes halogenated alkanes) is 2. The number of hydrogen-bond acceptors (Lipinski definition) is 3. The molecular formula is C19H28INO2. The molecule has 1 aliphatic heterocycles. The van der Waals surface area contributed by atoms with Crippen molar-refractivity contribution >= 4 is 28.6 Å². The van der Waals surface area contributed by atoms with Crippen LogP contribution in [0.25, 0.3) is 0 Å². The number of halogens is 1. The number of likely N-dealkylation sites (tertiary alicyclic amines) is 1. The highest BCUT2D eigenvalue weighted by Gasteiger charge is 2.51. The van der Waals surface area contributed by atoms with E-state index >= 15 is 0 Å². The molecule has 1 aromatic rings. The lowest BCUT2D eigenvalue weighted by atomic mass is 9.75. The molecule has 3 nitrogen and oxygen atoms in total. The van der Waals surface area contributed by atoms with Crippen molar-refractivity contribution in [3.63, 3.8) is 0 Å². The quantitative estimate of drug-likeness (QED) is 0.267. The predicted octanol–water partition coefficient (Wildman–Crippen LogP) is 4.29. The van der Waals surface area contributed by atoms with Crippen LogP contribution in [0.1, 0.15) is 38.2 Å². The van der Waals surface area contributed by atoms with Gasteiger partial charge in [0, 0.05) is 24.1 Å². The van der Waals surface area contributed by atoms with E-state index in [-0.39, 0.29) is 11.4 Å². The Balaban J connectivity index is 2.13. The molecule has 0 aliphatic carbocycles. The van der Waals surface area contributed by atoms with Crippen molar-refractivity contribution in [1.29, 1.82) is 0 Å². The Labute approximate surface area is 153 Å². The summed E-state index contributed by atoms with van der Waals surface area (Å²) in [4.78, 5) is 15.1. The monoisotopic (exact) mass is 429 g/mol. The maximum Gasteiger partial charge on any atom is 0.313 e. The maximum atomic E-state index is 12.6. The minimum atomic E-state index is -0.320. The van der Waals surface area contributed by atoms with E-state index in [2.05, 4.69) is 58.7 Å². The number of methoxy groups -OCH3 is 1. The molecule has 2 atom stereocenters. The standard InChI is InChI=1S/C19H28INO2/c1-3-4-8-11-19(18(22)23-2)15-21(14-17(19)12-20)13-16-9-6-5-7-10-16/h5-7,9-10,17H,3-4,8,11-15H2,1-2H3/t17-,19+/m1/s1. The first-order chi connectivity index (χ1) is 11.2. The number of carbonyl (C=O) groups is 1. The van der Waals surface area contributed by atoms with E-state index in [1.807, 2.05) is 6.07 Å². The fourth-order valence-electron chi connectivity index (χ4n) is 3.75. The summed E-state index contributed by atoms with van der Waals surface area (Å²) in [5.41, 5.74) is 0.994. The largest absolute Gasteiger partial charge is 0.469 e. The Morgan fingerprint density at radius 3 is 2.70 bits per heavy atom. The van der Waals surface area contributed by atoms with E-state index in [9.17, 15) is 4.79 Å². The van der Waals surface area contributed by atoms with E-state index in [1.54, 1.807) is 0 Å². The molecule has 0 radical (unpaired) electrons. The predicted molar refractivity (Wildman–Crippen MR) is 103 cm³/mol. The smallest absolute Gasteiger partial charge is 0.313 e. The first-order valence-electron chi connectivity index (χ1n) is 8.57. The Morgan fingerprint density at radius 1 is 1.35 bits per heavy atom. The Bertz CT molecular complexity index is 493. The van der Waals surface area contributed by atoms with Crippen LogP contribution in [-0.4, -0.2) is 35.5 Å². The van der Waals surface area contributed by atoms with Gasteiger partial charge in [-0.05, 0) is 17.9 Å². The summed E-state index contributed by atoms with van der Waals surface area (Å²) in [7, 11) is 1.54. The fraction of sp³-hybridized carbons (Fsp3) is 0.632. The number of nitrogens with zero attached hydrogens (tertiary/aromatic N) is 1. The maximum absolute atomic E-state index is 12.6. The second kappa shape index (κ2) is 9.02. The molecule has 128 valence electrons. The van der Waals surface area contributed by atoms with Crippen LogP contribution in [0.2, 0.25) is 0 Å². The van der Waals surface area contributed by atoms with Gasteiger partial charge >= 0.3 is 5.97 Å². The molecule has 0 amide bonds. The van der Waals surface area contributed by atoms with Gasteiger partial charge < -0.3 is 4.74 Å². The molecule has 1 saturated heterocycles. The molecular weight excluding hydrogens is 401 g/mol. The number of benzene rings is 1. The van der Waals surface area contributed by atoms with E-state index in [0.29, 0.717) is 5.92 Å². The van der Waals surface area contributed by atoms with Crippen molar-refractivity contribution in [2.24, 2.45) is 11.3 Å². The Hall–Kier alpha value is -0.620. The molecule has 0 bridgehead atoms. The lowest BCUT2D eigenvalue weighted by Crippen LogP contribution is -2.40. The van der Waals surface area contributed by atoms with Crippen molar-refractivity contribution < 1.29 is 9.53 Å². The van der Waals surface area contributed by atoms with Crippen LogP contribution in [0.4, 0.5) is 0 Å². The number of ether oxygens (including phenoxy) is 1. The minimum absolute atomic E-state index is 0.00849. The zero-order chi connectivity index (χ0) is 16.7. The van der Waals surface area contributed by atoms with Crippen LogP contribution >= 0.6 is 22.6 Å². The van der Waals surface area contributed by atoms with Crippen LogP contribution in [0.15, 0.2) is 30.3 Å². The SMILES string of the molecule is CCCCC[C@]1(C(=O)OC)CN(Cc2ccccc2)C[C@H]1CI. The van der Waals surface area contributed by atoms with Crippen LogP contribution in [0.3, 0.4) is 0 Å². The number of carbonyl (C=O) groups excluding carboxylic acids is 1. The summed E-state index contributed by atoms with van der Waals surface area (Å²) in [6.07, 6.45) is 4.43. The Kier molecular flexibility index (Phi) is 7.34. The highest BCUT2D eigenvalue weighted by atomic mass is 127. The molecule has 0 spiro atoms. The van der Waals surface area contributed by atoms with Gasteiger partial charge in [-0.15, -0.1) is 0 Å². The van der Waals surface area contributed by atoms with Gasteiger partial charge in [0.2, 0.25) is 0 Å². The molecule has 2 rings (SSSR count). The molecule has 1 aromatic carbocycles. The average Bonchev–Trinajstić information content (AvgIpc) is 2.94. The molecule has 4 heteroatoms. The van der Waals surface area contributed by atoms with E-state index in [0.717, 1.165) is 36.9 Å². The van der Waals surface area contributed by atoms with E-state index < -0.39 is 0 Å². The number of esters is 1. The van der Waals surface area contributed by atoms with Gasteiger partial charge in [0.1, 0.15) is 0 Å². The van der Waals surface area contributed by atoms with Crippen LogP contribution in [0, 0.1) is 11.3 Å². The molecule has 0 unspecified atom stereocenters. The third-order valence-electron chi connectivity index (χ3n) is 5.02. The number of alkyl halides is 1. The second-order valence-electron chi connectivity index (χ2n) is 6.61. The molecule has 23 heavy (non-hydrogen) atoms. The highest BCUT2D eigenvalue weighted by Crippen LogP contribution is 2.43. The summed E-state index contributed by atoms with van der Waals surface area (Å²) in [5, 5.41) is 0. The third-order valence-corrected chi connectivity index (χ3v) is 6.08. The summed E-state index contributed by atoms with van der Waals surface area (Å²) in [5.74, 6) is 0.377. The van der Waals surface area contributed by atoms with E-state index in [1.165, 1.54) is 25.5 Å². The number of hydrogen-bond donors (Lipinski definition) is 0. The van der Waals surface area contributed by atoms with Crippen molar-refractivity contribution in [2.75, 3.05) is 24.6 Å². The lowest BCUT2D eigenvalue weighted by Gasteiger charge is -2.31. The fourth-order valence-corrected chi connectivity index (χ4v) is 4.87. The van der Waals surface area contributed by atoms with Crippen molar-refractivity contribution in [3.8, 4) is 0 Å². The van der Waals surface area contributed by atoms with Gasteiger partial charge in [-0.25, -0.2) is 0 Å².